The first-order valence-corrected chi connectivity index (χ1v) is 5.55. The average Bonchev–Trinajstić information content (AvgIpc) is 2.23. The van der Waals surface area contributed by atoms with E-state index >= 15 is 0 Å². The Labute approximate surface area is 96.9 Å². The number of hydrogen-bond acceptors (Lipinski definition) is 3. The molecule has 94 valence electrons. The molecule has 0 rings (SSSR count). The first-order valence-electron chi connectivity index (χ1n) is 5.55. The van der Waals surface area contributed by atoms with Gasteiger partial charge >= 0.3 is 0 Å². The molecule has 0 fully saturated rings. The number of carbonyl (C=O) groups excluding carboxylic acids is 2. The fourth-order valence-electron chi connectivity index (χ4n) is 1.03. The molecule has 0 radical (unpaired) electrons. The van der Waals surface area contributed by atoms with Gasteiger partial charge in [0.25, 0.3) is 0 Å². The predicted octanol–water partition coefficient (Wildman–Crippen LogP) is -0.0125. The Bertz CT molecular complexity index is 264. The lowest BCUT2D eigenvalue weighted by molar-refractivity contribution is -0.127. The number of nitrogens with one attached hydrogen (secondary N) is 1. The quantitative estimate of drug-likeness (QED) is 0.597. The smallest absolute Gasteiger partial charge is 0.237 e. The van der Waals surface area contributed by atoms with Gasteiger partial charge in [0.15, 0.2) is 0 Å². The second-order valence-electron chi connectivity index (χ2n) is 4.88. The highest BCUT2D eigenvalue weighted by Crippen LogP contribution is 2.12. The zero-order valence-corrected chi connectivity index (χ0v) is 10.5. The summed E-state index contributed by atoms with van der Waals surface area (Å²) in [5, 5.41) is 2.65. The summed E-state index contributed by atoms with van der Waals surface area (Å²) in [6.45, 7) is 7.48. The molecule has 2 atom stereocenters. The minimum absolute atomic E-state index is 0.122. The number of rotatable bonds is 6. The van der Waals surface area contributed by atoms with Crippen LogP contribution in [0.4, 0.5) is 0 Å². The molecular weight excluding hydrogens is 206 g/mol. The Kier molecular flexibility index (Phi) is 5.44. The van der Waals surface area contributed by atoms with Gasteiger partial charge in [-0.2, -0.15) is 0 Å². The Balaban J connectivity index is 4.22. The Morgan fingerprint density at radius 3 is 2.25 bits per heavy atom. The zero-order valence-electron chi connectivity index (χ0n) is 10.5. The molecule has 5 heteroatoms. The molecule has 0 heterocycles. The molecule has 0 saturated carbocycles. The summed E-state index contributed by atoms with van der Waals surface area (Å²) in [6.07, 6.45) is 0.841. The molecule has 0 spiro atoms. The standard InChI is InChI=1S/C11H23N3O2/c1-5-7(2)8(12)9(15)14-6-11(3,4)10(13)16/h7-8H,5-6,12H2,1-4H3,(H2,13,16)(H,14,15). The molecule has 0 aromatic heterocycles. The van der Waals surface area contributed by atoms with Crippen LogP contribution >= 0.6 is 0 Å². The fraction of sp³-hybridized carbons (Fsp3) is 0.818. The maximum Gasteiger partial charge on any atom is 0.237 e. The summed E-state index contributed by atoms with van der Waals surface area (Å²) < 4.78 is 0. The molecule has 16 heavy (non-hydrogen) atoms. The van der Waals surface area contributed by atoms with Crippen LogP contribution in [-0.4, -0.2) is 24.4 Å². The highest BCUT2D eigenvalue weighted by atomic mass is 16.2. The van der Waals surface area contributed by atoms with Crippen molar-refractivity contribution in [3.63, 3.8) is 0 Å². The predicted molar refractivity (Wildman–Crippen MR) is 63.4 cm³/mol. The summed E-state index contributed by atoms with van der Waals surface area (Å²) >= 11 is 0. The topological polar surface area (TPSA) is 98.2 Å². The first kappa shape index (κ1) is 14.9. The van der Waals surface area contributed by atoms with E-state index in [0.29, 0.717) is 0 Å². The van der Waals surface area contributed by atoms with Gasteiger partial charge in [-0.05, 0) is 19.8 Å². The van der Waals surface area contributed by atoms with Crippen molar-refractivity contribution >= 4 is 11.8 Å². The molecule has 2 amide bonds. The van der Waals surface area contributed by atoms with Gasteiger partial charge in [-0.15, -0.1) is 0 Å². The van der Waals surface area contributed by atoms with E-state index in [0.717, 1.165) is 6.42 Å². The van der Waals surface area contributed by atoms with Crippen molar-refractivity contribution in [1.82, 2.24) is 5.32 Å². The second-order valence-corrected chi connectivity index (χ2v) is 4.88. The van der Waals surface area contributed by atoms with Gasteiger partial charge in [-0.25, -0.2) is 0 Å². The van der Waals surface area contributed by atoms with E-state index in [-0.39, 0.29) is 18.4 Å². The molecule has 0 bridgehead atoms. The van der Waals surface area contributed by atoms with E-state index < -0.39 is 17.4 Å². The van der Waals surface area contributed by atoms with Crippen molar-refractivity contribution in [2.75, 3.05) is 6.54 Å². The van der Waals surface area contributed by atoms with Crippen molar-refractivity contribution in [1.29, 1.82) is 0 Å². The van der Waals surface area contributed by atoms with E-state index in [2.05, 4.69) is 5.32 Å². The minimum atomic E-state index is -0.745. The lowest BCUT2D eigenvalue weighted by Crippen LogP contribution is -2.49. The summed E-state index contributed by atoms with van der Waals surface area (Å²) in [4.78, 5) is 22.7. The first-order chi connectivity index (χ1) is 7.22. The van der Waals surface area contributed by atoms with E-state index in [4.69, 9.17) is 11.5 Å². The zero-order chi connectivity index (χ0) is 12.9. The Hall–Kier alpha value is -1.10. The van der Waals surface area contributed by atoms with Gasteiger partial charge in [-0.1, -0.05) is 20.3 Å². The van der Waals surface area contributed by atoms with Crippen molar-refractivity contribution in [3.05, 3.63) is 0 Å². The summed E-state index contributed by atoms with van der Waals surface area (Å²) in [5.41, 5.74) is 10.2. The lowest BCUT2D eigenvalue weighted by atomic mass is 9.92. The highest BCUT2D eigenvalue weighted by molar-refractivity contribution is 5.84. The van der Waals surface area contributed by atoms with Gasteiger partial charge in [0.2, 0.25) is 11.8 Å². The van der Waals surface area contributed by atoms with Crippen LogP contribution in [0.25, 0.3) is 0 Å². The van der Waals surface area contributed by atoms with E-state index in [1.807, 2.05) is 13.8 Å². The molecule has 0 aromatic carbocycles. The maximum absolute atomic E-state index is 11.6. The molecule has 0 saturated heterocycles. The summed E-state index contributed by atoms with van der Waals surface area (Å²) in [6, 6.07) is -0.534. The lowest BCUT2D eigenvalue weighted by Gasteiger charge is -2.23. The van der Waals surface area contributed by atoms with Crippen LogP contribution in [0.5, 0.6) is 0 Å². The van der Waals surface area contributed by atoms with Crippen LogP contribution in [0.1, 0.15) is 34.1 Å². The largest absolute Gasteiger partial charge is 0.369 e. The van der Waals surface area contributed by atoms with Crippen molar-refractivity contribution in [2.45, 2.75) is 40.2 Å². The molecule has 2 unspecified atom stereocenters. The van der Waals surface area contributed by atoms with E-state index in [1.54, 1.807) is 13.8 Å². The molecule has 0 aliphatic rings. The monoisotopic (exact) mass is 229 g/mol. The van der Waals surface area contributed by atoms with Crippen molar-refractivity contribution in [3.8, 4) is 0 Å². The van der Waals surface area contributed by atoms with E-state index in [9.17, 15) is 9.59 Å². The third-order valence-corrected chi connectivity index (χ3v) is 2.93. The van der Waals surface area contributed by atoms with Crippen LogP contribution in [-0.2, 0) is 9.59 Å². The summed E-state index contributed by atoms with van der Waals surface area (Å²) in [7, 11) is 0. The van der Waals surface area contributed by atoms with E-state index in [1.165, 1.54) is 0 Å². The molecular formula is C11H23N3O2. The summed E-state index contributed by atoms with van der Waals surface area (Å²) in [5.74, 6) is -0.551. The van der Waals surface area contributed by atoms with Gasteiger partial charge in [0, 0.05) is 6.54 Å². The Morgan fingerprint density at radius 2 is 1.88 bits per heavy atom. The van der Waals surface area contributed by atoms with Crippen LogP contribution in [0.2, 0.25) is 0 Å². The minimum Gasteiger partial charge on any atom is -0.369 e. The molecule has 0 aliphatic carbocycles. The third-order valence-electron chi connectivity index (χ3n) is 2.93. The molecule has 5 N–H and O–H groups in total. The average molecular weight is 229 g/mol. The van der Waals surface area contributed by atoms with Crippen molar-refractivity contribution in [2.24, 2.45) is 22.8 Å². The van der Waals surface area contributed by atoms with Gasteiger partial charge in [-0.3, -0.25) is 9.59 Å². The normalized spacial score (nSPS) is 15.3. The highest BCUT2D eigenvalue weighted by Gasteiger charge is 2.27. The van der Waals surface area contributed by atoms with Crippen LogP contribution < -0.4 is 16.8 Å². The van der Waals surface area contributed by atoms with Gasteiger partial charge < -0.3 is 16.8 Å². The van der Waals surface area contributed by atoms with Crippen LogP contribution in [0.3, 0.4) is 0 Å². The SMILES string of the molecule is CCC(C)C(N)C(=O)NCC(C)(C)C(N)=O. The van der Waals surface area contributed by atoms with Crippen LogP contribution in [0, 0.1) is 11.3 Å². The number of hydrogen-bond donors (Lipinski definition) is 3. The third kappa shape index (κ3) is 4.18. The number of nitrogens with two attached hydrogens (primary N) is 2. The fourth-order valence-corrected chi connectivity index (χ4v) is 1.03. The van der Waals surface area contributed by atoms with Crippen molar-refractivity contribution < 1.29 is 9.59 Å². The maximum atomic E-state index is 11.6. The van der Waals surface area contributed by atoms with Gasteiger partial charge in [0.1, 0.15) is 0 Å². The molecule has 5 nitrogen and oxygen atoms in total. The number of carbonyl (C=O) groups is 2. The second kappa shape index (κ2) is 5.84. The Morgan fingerprint density at radius 1 is 1.38 bits per heavy atom. The van der Waals surface area contributed by atoms with Gasteiger partial charge in [0.05, 0.1) is 11.5 Å². The molecule has 0 aromatic rings. The number of amides is 2. The number of primary amides is 1. The molecule has 0 aliphatic heterocycles. The van der Waals surface area contributed by atoms with Crippen LogP contribution in [0.15, 0.2) is 0 Å².